The van der Waals surface area contributed by atoms with E-state index in [1.54, 1.807) is 6.92 Å². The van der Waals surface area contributed by atoms with Gasteiger partial charge in [-0.1, -0.05) is 50.3 Å². The van der Waals surface area contributed by atoms with E-state index in [4.69, 9.17) is 0 Å². The number of benzene rings is 1. The number of aliphatic hydroxyl groups is 2. The number of hydrogen-bond acceptors (Lipinski definition) is 2. The predicted molar refractivity (Wildman–Crippen MR) is 71.6 cm³/mol. The lowest BCUT2D eigenvalue weighted by molar-refractivity contribution is 0.0460. The summed E-state index contributed by atoms with van der Waals surface area (Å²) in [7, 11) is 0. The Bertz CT molecular complexity index is 362. The summed E-state index contributed by atoms with van der Waals surface area (Å²) in [5.41, 5.74) is 0.779. The van der Waals surface area contributed by atoms with E-state index < -0.39 is 11.7 Å². The third-order valence-corrected chi connectivity index (χ3v) is 3.28. The van der Waals surface area contributed by atoms with Crippen LogP contribution in [0.5, 0.6) is 0 Å². The van der Waals surface area contributed by atoms with Crippen molar-refractivity contribution in [3.05, 3.63) is 41.5 Å². The molecule has 0 fully saturated rings. The summed E-state index contributed by atoms with van der Waals surface area (Å²) >= 11 is 0. The molecule has 2 N–H and O–H groups in total. The molecule has 0 saturated heterocycles. The minimum absolute atomic E-state index is 0.604. The van der Waals surface area contributed by atoms with Crippen LogP contribution in [0.1, 0.15) is 39.2 Å². The zero-order chi connectivity index (χ0) is 12.9. The average Bonchev–Trinajstić information content (AvgIpc) is 2.36. The minimum Gasteiger partial charge on any atom is -0.389 e. The van der Waals surface area contributed by atoms with E-state index in [-0.39, 0.29) is 0 Å². The fourth-order valence-corrected chi connectivity index (χ4v) is 2.03. The zero-order valence-electron chi connectivity index (χ0n) is 10.9. The number of hydrogen-bond donors (Lipinski definition) is 2. The van der Waals surface area contributed by atoms with Crippen molar-refractivity contribution >= 4 is 6.08 Å². The van der Waals surface area contributed by atoms with Gasteiger partial charge in [0.1, 0.15) is 0 Å². The molecule has 0 aliphatic heterocycles. The van der Waals surface area contributed by atoms with Gasteiger partial charge < -0.3 is 10.2 Å². The van der Waals surface area contributed by atoms with E-state index in [1.165, 1.54) is 0 Å². The van der Waals surface area contributed by atoms with Gasteiger partial charge in [0.2, 0.25) is 0 Å². The van der Waals surface area contributed by atoms with E-state index in [0.29, 0.717) is 18.4 Å². The van der Waals surface area contributed by atoms with Gasteiger partial charge in [-0.25, -0.2) is 0 Å². The molecule has 0 radical (unpaired) electrons. The van der Waals surface area contributed by atoms with Crippen molar-refractivity contribution in [1.82, 2.24) is 0 Å². The first kappa shape index (κ1) is 13.9. The van der Waals surface area contributed by atoms with E-state index in [1.807, 2.05) is 50.3 Å². The van der Waals surface area contributed by atoms with Crippen LogP contribution in [-0.4, -0.2) is 21.9 Å². The fraction of sp³-hybridized carbons (Fsp3) is 0.467. The summed E-state index contributed by atoms with van der Waals surface area (Å²) in [4.78, 5) is 0. The normalized spacial score (nSPS) is 14.8. The molecule has 0 aliphatic carbocycles. The molecule has 1 aromatic rings. The average molecular weight is 234 g/mol. The zero-order valence-corrected chi connectivity index (χ0v) is 10.9. The maximum atomic E-state index is 10.5. The molecule has 0 aromatic heterocycles. The Kier molecular flexibility index (Phi) is 4.91. The van der Waals surface area contributed by atoms with Crippen LogP contribution in [0.3, 0.4) is 0 Å². The van der Waals surface area contributed by atoms with Crippen LogP contribution in [-0.2, 0) is 0 Å². The first-order chi connectivity index (χ1) is 8.03. The summed E-state index contributed by atoms with van der Waals surface area (Å²) in [5.74, 6) is 0. The van der Waals surface area contributed by atoms with Crippen LogP contribution < -0.4 is 0 Å². The molecule has 2 heteroatoms. The Labute approximate surface area is 104 Å². The Morgan fingerprint density at radius 2 is 1.76 bits per heavy atom. The molecular formula is C15H22O2. The van der Waals surface area contributed by atoms with Crippen molar-refractivity contribution in [2.24, 2.45) is 0 Å². The van der Waals surface area contributed by atoms with Crippen LogP contribution in [0.25, 0.3) is 6.08 Å². The van der Waals surface area contributed by atoms with Crippen LogP contribution in [0.15, 0.2) is 35.9 Å². The van der Waals surface area contributed by atoms with Crippen molar-refractivity contribution < 1.29 is 10.2 Å². The standard InChI is InChI=1S/C15H22O2/c1-4-15(17,5-2)14(12(3)16)11-13-9-7-6-8-10-13/h6-12,16-17H,4-5H2,1-3H3/b14-11-. The maximum Gasteiger partial charge on any atom is 0.0879 e. The largest absolute Gasteiger partial charge is 0.389 e. The number of aliphatic hydroxyl groups excluding tert-OH is 1. The Morgan fingerprint density at radius 1 is 1.24 bits per heavy atom. The van der Waals surface area contributed by atoms with Gasteiger partial charge in [0.25, 0.3) is 0 Å². The molecule has 1 unspecified atom stereocenters. The quantitative estimate of drug-likeness (QED) is 0.822. The molecule has 17 heavy (non-hydrogen) atoms. The molecule has 0 saturated carbocycles. The topological polar surface area (TPSA) is 40.5 Å². The molecule has 0 spiro atoms. The van der Waals surface area contributed by atoms with Gasteiger partial charge >= 0.3 is 0 Å². The molecule has 0 aliphatic rings. The van der Waals surface area contributed by atoms with Crippen LogP contribution in [0, 0.1) is 0 Å². The molecule has 0 bridgehead atoms. The monoisotopic (exact) mass is 234 g/mol. The Balaban J connectivity index is 3.14. The highest BCUT2D eigenvalue weighted by Crippen LogP contribution is 2.29. The van der Waals surface area contributed by atoms with Crippen LogP contribution in [0.2, 0.25) is 0 Å². The number of rotatable bonds is 5. The van der Waals surface area contributed by atoms with Crippen molar-refractivity contribution in [1.29, 1.82) is 0 Å². The van der Waals surface area contributed by atoms with Crippen LogP contribution in [0.4, 0.5) is 0 Å². The Hall–Kier alpha value is -1.12. The first-order valence-electron chi connectivity index (χ1n) is 6.21. The van der Waals surface area contributed by atoms with E-state index >= 15 is 0 Å². The van der Waals surface area contributed by atoms with Crippen molar-refractivity contribution in [3.63, 3.8) is 0 Å². The minimum atomic E-state index is -0.913. The van der Waals surface area contributed by atoms with Crippen molar-refractivity contribution in [2.75, 3.05) is 0 Å². The maximum absolute atomic E-state index is 10.5. The third kappa shape index (κ3) is 3.42. The van der Waals surface area contributed by atoms with Gasteiger partial charge in [-0.2, -0.15) is 0 Å². The van der Waals surface area contributed by atoms with Gasteiger partial charge in [-0.05, 0) is 30.9 Å². The van der Waals surface area contributed by atoms with Crippen molar-refractivity contribution in [2.45, 2.75) is 45.3 Å². The van der Waals surface area contributed by atoms with Crippen LogP contribution >= 0.6 is 0 Å². The summed E-state index contributed by atoms with van der Waals surface area (Å²) in [6, 6.07) is 9.78. The molecule has 1 rings (SSSR count). The summed E-state index contributed by atoms with van der Waals surface area (Å²) < 4.78 is 0. The molecule has 1 atom stereocenters. The molecule has 1 aromatic carbocycles. The van der Waals surface area contributed by atoms with Gasteiger partial charge in [-0.3, -0.25) is 0 Å². The van der Waals surface area contributed by atoms with Gasteiger partial charge in [0.05, 0.1) is 11.7 Å². The second-order valence-corrected chi connectivity index (χ2v) is 4.43. The highest BCUT2D eigenvalue weighted by molar-refractivity contribution is 5.56. The molecule has 94 valence electrons. The highest BCUT2D eigenvalue weighted by atomic mass is 16.3. The molecular weight excluding hydrogens is 212 g/mol. The molecule has 0 amide bonds. The van der Waals surface area contributed by atoms with Gasteiger partial charge in [0, 0.05) is 0 Å². The smallest absolute Gasteiger partial charge is 0.0879 e. The van der Waals surface area contributed by atoms with E-state index in [0.717, 1.165) is 5.56 Å². The molecule has 2 nitrogen and oxygen atoms in total. The van der Waals surface area contributed by atoms with Crippen molar-refractivity contribution in [3.8, 4) is 0 Å². The van der Waals surface area contributed by atoms with E-state index in [9.17, 15) is 10.2 Å². The first-order valence-corrected chi connectivity index (χ1v) is 6.21. The summed E-state index contributed by atoms with van der Waals surface area (Å²) in [6.45, 7) is 5.57. The summed E-state index contributed by atoms with van der Waals surface area (Å²) in [5, 5.41) is 20.3. The SMILES string of the molecule is CCC(O)(CC)/C(=C\c1ccccc1)C(C)O. The fourth-order valence-electron chi connectivity index (χ4n) is 2.03. The van der Waals surface area contributed by atoms with E-state index in [2.05, 4.69) is 0 Å². The molecule has 0 heterocycles. The Morgan fingerprint density at radius 3 is 2.18 bits per heavy atom. The van der Waals surface area contributed by atoms with Gasteiger partial charge in [-0.15, -0.1) is 0 Å². The lowest BCUT2D eigenvalue weighted by Gasteiger charge is -2.30. The predicted octanol–water partition coefficient (Wildman–Crippen LogP) is 3.00. The lowest BCUT2D eigenvalue weighted by Crippen LogP contribution is -2.34. The second-order valence-electron chi connectivity index (χ2n) is 4.43. The third-order valence-electron chi connectivity index (χ3n) is 3.28. The summed E-state index contributed by atoms with van der Waals surface area (Å²) in [6.07, 6.45) is 2.46. The van der Waals surface area contributed by atoms with Gasteiger partial charge in [0.15, 0.2) is 0 Å². The lowest BCUT2D eigenvalue weighted by atomic mass is 9.84. The second kappa shape index (κ2) is 5.99. The highest BCUT2D eigenvalue weighted by Gasteiger charge is 2.30.